The van der Waals surface area contributed by atoms with E-state index in [1.807, 2.05) is 14.0 Å². The number of hydrogen-bond acceptors (Lipinski definition) is 3. The fraction of sp³-hybridized carbons (Fsp3) is 0.250. The Kier molecular flexibility index (Phi) is 2.81. The van der Waals surface area contributed by atoms with Crippen LogP contribution in [0.15, 0.2) is 12.3 Å². The first-order valence-electron chi connectivity index (χ1n) is 3.76. The molecule has 13 heavy (non-hydrogen) atoms. The van der Waals surface area contributed by atoms with Gasteiger partial charge in [-0.05, 0) is 13.0 Å². The Labute approximate surface area is 75.6 Å². The average molecular weight is 181 g/mol. The molecule has 0 aliphatic heterocycles. The molecule has 0 atom stereocenters. The van der Waals surface area contributed by atoms with Gasteiger partial charge >= 0.3 is 0 Å². The van der Waals surface area contributed by atoms with Crippen molar-refractivity contribution in [2.24, 2.45) is 7.05 Å². The molecule has 2 N–H and O–H groups in total. The molecule has 0 saturated carbocycles. The summed E-state index contributed by atoms with van der Waals surface area (Å²) in [6.07, 6.45) is 4.48. The second-order valence-corrected chi connectivity index (χ2v) is 2.62. The van der Waals surface area contributed by atoms with E-state index in [2.05, 4.69) is 5.10 Å². The molecule has 0 saturated heterocycles. The summed E-state index contributed by atoms with van der Waals surface area (Å²) in [4.78, 5) is 10.6. The first-order valence-corrected chi connectivity index (χ1v) is 3.76. The number of carbonyl (C=O) groups excluding carboxylic acids is 1. The molecular formula is C8H11N3O2. The molecule has 0 aliphatic carbocycles. The van der Waals surface area contributed by atoms with Crippen molar-refractivity contribution in [1.82, 2.24) is 15.3 Å². The van der Waals surface area contributed by atoms with Crippen molar-refractivity contribution in [3.05, 3.63) is 23.5 Å². The highest BCUT2D eigenvalue weighted by Gasteiger charge is 1.99. The van der Waals surface area contributed by atoms with Crippen molar-refractivity contribution < 1.29 is 10.0 Å². The third kappa shape index (κ3) is 2.16. The molecule has 5 heteroatoms. The van der Waals surface area contributed by atoms with Crippen molar-refractivity contribution in [2.45, 2.75) is 6.92 Å². The van der Waals surface area contributed by atoms with E-state index in [4.69, 9.17) is 5.21 Å². The van der Waals surface area contributed by atoms with E-state index in [1.54, 1.807) is 17.0 Å². The van der Waals surface area contributed by atoms with Crippen LogP contribution in [0.2, 0.25) is 0 Å². The highest BCUT2D eigenvalue weighted by Crippen LogP contribution is 2.06. The van der Waals surface area contributed by atoms with Crippen LogP contribution in [0.1, 0.15) is 11.3 Å². The maximum absolute atomic E-state index is 10.6. The summed E-state index contributed by atoms with van der Waals surface area (Å²) >= 11 is 0. The molecule has 70 valence electrons. The van der Waals surface area contributed by atoms with Gasteiger partial charge in [-0.15, -0.1) is 0 Å². The van der Waals surface area contributed by atoms with Crippen LogP contribution < -0.4 is 5.48 Å². The maximum Gasteiger partial charge on any atom is 0.267 e. The molecule has 0 fully saturated rings. The number of rotatable bonds is 2. The molecule has 0 bridgehead atoms. The Balaban J connectivity index is 2.80. The summed E-state index contributed by atoms with van der Waals surface area (Å²) in [5.74, 6) is -0.553. The van der Waals surface area contributed by atoms with Gasteiger partial charge in [0.2, 0.25) is 0 Å². The van der Waals surface area contributed by atoms with Gasteiger partial charge in [0.1, 0.15) is 0 Å². The monoisotopic (exact) mass is 181 g/mol. The van der Waals surface area contributed by atoms with Crippen molar-refractivity contribution in [1.29, 1.82) is 0 Å². The van der Waals surface area contributed by atoms with E-state index in [0.717, 1.165) is 11.3 Å². The number of aryl methyl sites for hydroxylation is 1. The lowest BCUT2D eigenvalue weighted by Gasteiger charge is -1.93. The first-order chi connectivity index (χ1) is 6.15. The Morgan fingerprint density at radius 1 is 1.77 bits per heavy atom. The molecule has 1 aromatic rings. The summed E-state index contributed by atoms with van der Waals surface area (Å²) in [5.41, 5.74) is 3.32. The van der Waals surface area contributed by atoms with Crippen molar-refractivity contribution in [2.75, 3.05) is 0 Å². The van der Waals surface area contributed by atoms with Crippen LogP contribution in [0.25, 0.3) is 6.08 Å². The molecule has 5 nitrogen and oxygen atoms in total. The van der Waals surface area contributed by atoms with Gasteiger partial charge in [-0.25, -0.2) is 5.48 Å². The minimum atomic E-state index is -0.553. The second kappa shape index (κ2) is 3.86. The average Bonchev–Trinajstić information content (AvgIpc) is 2.44. The molecule has 0 aromatic carbocycles. The maximum atomic E-state index is 10.6. The molecule has 0 radical (unpaired) electrons. The minimum absolute atomic E-state index is 0.553. The molecule has 1 aromatic heterocycles. The molecule has 1 heterocycles. The summed E-state index contributed by atoms with van der Waals surface area (Å²) in [5, 5.41) is 12.2. The van der Waals surface area contributed by atoms with Gasteiger partial charge in [0.25, 0.3) is 5.91 Å². The largest absolute Gasteiger partial charge is 0.288 e. The van der Waals surface area contributed by atoms with Crippen LogP contribution >= 0.6 is 0 Å². The lowest BCUT2D eigenvalue weighted by molar-refractivity contribution is -0.124. The number of carbonyl (C=O) groups is 1. The molecule has 1 rings (SSSR count). The van der Waals surface area contributed by atoms with Crippen LogP contribution in [0, 0.1) is 6.92 Å². The van der Waals surface area contributed by atoms with E-state index in [9.17, 15) is 4.79 Å². The second-order valence-electron chi connectivity index (χ2n) is 2.62. The Bertz CT molecular complexity index is 341. The number of aromatic nitrogens is 2. The van der Waals surface area contributed by atoms with Crippen LogP contribution in [0.4, 0.5) is 0 Å². The third-order valence-corrected chi connectivity index (χ3v) is 1.80. The molecule has 0 unspecified atom stereocenters. The normalized spacial score (nSPS) is 10.7. The molecule has 1 amide bonds. The lowest BCUT2D eigenvalue weighted by Crippen LogP contribution is -2.14. The van der Waals surface area contributed by atoms with Crippen molar-refractivity contribution in [3.8, 4) is 0 Å². The SMILES string of the molecule is Cc1c(/C=C/C(=O)NO)cnn1C. The topological polar surface area (TPSA) is 67.2 Å². The predicted molar refractivity (Wildman–Crippen MR) is 46.9 cm³/mol. The quantitative estimate of drug-likeness (QED) is 0.390. The van der Waals surface area contributed by atoms with Crippen LogP contribution in [0.3, 0.4) is 0 Å². The van der Waals surface area contributed by atoms with Gasteiger partial charge in [-0.1, -0.05) is 0 Å². The van der Waals surface area contributed by atoms with E-state index in [0.29, 0.717) is 0 Å². The summed E-state index contributed by atoms with van der Waals surface area (Å²) in [7, 11) is 1.82. The van der Waals surface area contributed by atoms with Gasteiger partial charge in [0, 0.05) is 24.4 Å². The number of amides is 1. The van der Waals surface area contributed by atoms with E-state index in [-0.39, 0.29) is 0 Å². The third-order valence-electron chi connectivity index (χ3n) is 1.80. The van der Waals surface area contributed by atoms with Crippen LogP contribution in [-0.2, 0) is 11.8 Å². The standard InChI is InChI=1S/C8H11N3O2/c1-6-7(5-9-11(6)2)3-4-8(12)10-13/h3-5,13H,1-2H3,(H,10,12)/b4-3+. The smallest absolute Gasteiger partial charge is 0.267 e. The Morgan fingerprint density at radius 3 is 2.92 bits per heavy atom. The number of nitrogens with zero attached hydrogens (tertiary/aromatic N) is 2. The zero-order valence-electron chi connectivity index (χ0n) is 7.48. The lowest BCUT2D eigenvalue weighted by atomic mass is 10.2. The van der Waals surface area contributed by atoms with Crippen molar-refractivity contribution in [3.63, 3.8) is 0 Å². The van der Waals surface area contributed by atoms with E-state index in [1.165, 1.54) is 11.6 Å². The zero-order chi connectivity index (χ0) is 9.84. The van der Waals surface area contributed by atoms with Crippen molar-refractivity contribution >= 4 is 12.0 Å². The molecule has 0 spiro atoms. The summed E-state index contributed by atoms with van der Waals surface area (Å²) in [6, 6.07) is 0. The van der Waals surface area contributed by atoms with Gasteiger partial charge < -0.3 is 0 Å². The predicted octanol–water partition coefficient (Wildman–Crippen LogP) is 0.247. The molecular weight excluding hydrogens is 170 g/mol. The number of hydroxylamine groups is 1. The number of hydrogen-bond donors (Lipinski definition) is 2. The van der Waals surface area contributed by atoms with Crippen LogP contribution in [-0.4, -0.2) is 20.9 Å². The fourth-order valence-electron chi connectivity index (χ4n) is 0.882. The highest BCUT2D eigenvalue weighted by molar-refractivity contribution is 5.90. The number of nitrogens with one attached hydrogen (secondary N) is 1. The van der Waals surface area contributed by atoms with Gasteiger partial charge in [0.15, 0.2) is 0 Å². The summed E-state index contributed by atoms with van der Waals surface area (Å²) < 4.78 is 1.70. The van der Waals surface area contributed by atoms with E-state index < -0.39 is 5.91 Å². The van der Waals surface area contributed by atoms with E-state index >= 15 is 0 Å². The van der Waals surface area contributed by atoms with Crippen LogP contribution in [0.5, 0.6) is 0 Å². The zero-order valence-corrected chi connectivity index (χ0v) is 7.48. The van der Waals surface area contributed by atoms with Gasteiger partial charge in [-0.3, -0.25) is 14.7 Å². The first kappa shape index (κ1) is 9.47. The van der Waals surface area contributed by atoms with Gasteiger partial charge in [-0.2, -0.15) is 5.10 Å². The fourth-order valence-corrected chi connectivity index (χ4v) is 0.882. The molecule has 0 aliphatic rings. The van der Waals surface area contributed by atoms with Gasteiger partial charge in [0.05, 0.1) is 6.20 Å². The minimum Gasteiger partial charge on any atom is -0.288 e. The summed E-state index contributed by atoms with van der Waals surface area (Å²) in [6.45, 7) is 1.89. The Hall–Kier alpha value is -1.62. The Morgan fingerprint density at radius 2 is 2.46 bits per heavy atom. The highest BCUT2D eigenvalue weighted by atomic mass is 16.5.